The molecule has 114 valence electrons. The van der Waals surface area contributed by atoms with Crippen LogP contribution in [0.4, 0.5) is 0 Å². The summed E-state index contributed by atoms with van der Waals surface area (Å²) in [7, 11) is 0. The molecule has 0 fully saturated rings. The Morgan fingerprint density at radius 3 is 3.09 bits per heavy atom. The maximum absolute atomic E-state index is 9.94. The SMILES string of the molecule is OC(C=Cc1cccnc1)NCC1Cc2cccc(Cl)c2O1. The van der Waals surface area contributed by atoms with Crippen LogP contribution in [0.2, 0.25) is 5.02 Å². The molecule has 2 aromatic rings. The van der Waals surface area contributed by atoms with Crippen molar-refractivity contribution in [2.45, 2.75) is 18.8 Å². The number of para-hydroxylation sites is 1. The maximum Gasteiger partial charge on any atom is 0.141 e. The number of aliphatic hydroxyl groups is 1. The molecule has 1 aliphatic heterocycles. The smallest absolute Gasteiger partial charge is 0.141 e. The zero-order valence-corrected chi connectivity index (χ0v) is 12.7. The zero-order valence-electron chi connectivity index (χ0n) is 11.9. The molecule has 0 spiro atoms. The van der Waals surface area contributed by atoms with Crippen LogP contribution >= 0.6 is 11.6 Å². The molecule has 22 heavy (non-hydrogen) atoms. The van der Waals surface area contributed by atoms with Crippen LogP contribution in [0.15, 0.2) is 48.8 Å². The van der Waals surface area contributed by atoms with Gasteiger partial charge in [-0.15, -0.1) is 0 Å². The van der Waals surface area contributed by atoms with E-state index in [1.807, 2.05) is 36.4 Å². The normalized spacial score (nSPS) is 18.2. The fourth-order valence-corrected chi connectivity index (χ4v) is 2.65. The predicted octanol–water partition coefficient (Wildman–Crippen LogP) is 2.66. The van der Waals surface area contributed by atoms with Gasteiger partial charge in [0.1, 0.15) is 18.1 Å². The van der Waals surface area contributed by atoms with E-state index >= 15 is 0 Å². The lowest BCUT2D eigenvalue weighted by Gasteiger charge is -2.14. The Hall–Kier alpha value is -1.88. The highest BCUT2D eigenvalue weighted by Crippen LogP contribution is 2.35. The molecule has 3 rings (SSSR count). The average Bonchev–Trinajstić information content (AvgIpc) is 2.96. The first-order chi connectivity index (χ1) is 10.7. The molecule has 0 bridgehead atoms. The van der Waals surface area contributed by atoms with Crippen LogP contribution < -0.4 is 10.1 Å². The predicted molar refractivity (Wildman–Crippen MR) is 86.9 cm³/mol. The Morgan fingerprint density at radius 1 is 1.41 bits per heavy atom. The number of ether oxygens (including phenoxy) is 1. The highest BCUT2D eigenvalue weighted by atomic mass is 35.5. The Bertz CT molecular complexity index is 661. The number of pyridine rings is 1. The Morgan fingerprint density at radius 2 is 2.32 bits per heavy atom. The Kier molecular flexibility index (Phi) is 4.73. The number of aromatic nitrogens is 1. The molecule has 2 heterocycles. The lowest BCUT2D eigenvalue weighted by molar-refractivity contribution is 0.153. The van der Waals surface area contributed by atoms with Gasteiger partial charge in [0.15, 0.2) is 0 Å². The van der Waals surface area contributed by atoms with E-state index in [1.165, 1.54) is 0 Å². The quantitative estimate of drug-likeness (QED) is 0.833. The summed E-state index contributed by atoms with van der Waals surface area (Å²) in [5.74, 6) is 0.761. The topological polar surface area (TPSA) is 54.4 Å². The van der Waals surface area contributed by atoms with Crippen molar-refractivity contribution in [3.63, 3.8) is 0 Å². The molecule has 1 aliphatic rings. The second kappa shape index (κ2) is 6.92. The van der Waals surface area contributed by atoms with Gasteiger partial charge in [0, 0.05) is 25.4 Å². The molecule has 0 amide bonds. The summed E-state index contributed by atoms with van der Waals surface area (Å²) in [4.78, 5) is 4.02. The van der Waals surface area contributed by atoms with Crippen molar-refractivity contribution in [3.05, 3.63) is 65.0 Å². The van der Waals surface area contributed by atoms with Gasteiger partial charge in [-0.1, -0.05) is 35.9 Å². The summed E-state index contributed by atoms with van der Waals surface area (Å²) in [6.07, 6.45) is 7.01. The minimum Gasteiger partial charge on any atom is -0.487 e. The fourth-order valence-electron chi connectivity index (χ4n) is 2.41. The molecule has 0 aliphatic carbocycles. The van der Waals surface area contributed by atoms with Crippen molar-refractivity contribution in [2.75, 3.05) is 6.54 Å². The molecule has 0 saturated carbocycles. The summed E-state index contributed by atoms with van der Waals surface area (Å²) >= 11 is 6.10. The summed E-state index contributed by atoms with van der Waals surface area (Å²) in [6.45, 7) is 0.545. The van der Waals surface area contributed by atoms with Crippen LogP contribution in [0.25, 0.3) is 6.08 Å². The third kappa shape index (κ3) is 3.65. The van der Waals surface area contributed by atoms with Crippen LogP contribution in [0.3, 0.4) is 0 Å². The number of aliphatic hydroxyl groups excluding tert-OH is 1. The fraction of sp³-hybridized carbons (Fsp3) is 0.235. The van der Waals surface area contributed by atoms with Crippen molar-refractivity contribution in [1.29, 1.82) is 0 Å². The van der Waals surface area contributed by atoms with Gasteiger partial charge in [-0.05, 0) is 29.3 Å². The van der Waals surface area contributed by atoms with Gasteiger partial charge in [0.05, 0.1) is 5.02 Å². The van der Waals surface area contributed by atoms with Gasteiger partial charge in [0.2, 0.25) is 0 Å². The van der Waals surface area contributed by atoms with Crippen LogP contribution in [0, 0.1) is 0 Å². The summed E-state index contributed by atoms with van der Waals surface area (Å²) in [5, 5.41) is 13.6. The monoisotopic (exact) mass is 316 g/mol. The first-order valence-electron chi connectivity index (χ1n) is 7.16. The van der Waals surface area contributed by atoms with E-state index in [0.717, 1.165) is 23.3 Å². The Labute approximate surface area is 134 Å². The van der Waals surface area contributed by atoms with Crippen molar-refractivity contribution in [1.82, 2.24) is 10.3 Å². The van der Waals surface area contributed by atoms with E-state index in [2.05, 4.69) is 10.3 Å². The molecule has 1 aromatic heterocycles. The third-order valence-electron chi connectivity index (χ3n) is 3.49. The van der Waals surface area contributed by atoms with E-state index in [1.54, 1.807) is 18.5 Å². The van der Waals surface area contributed by atoms with Crippen molar-refractivity contribution in [2.24, 2.45) is 0 Å². The molecule has 4 nitrogen and oxygen atoms in total. The Balaban J connectivity index is 1.50. The van der Waals surface area contributed by atoms with Gasteiger partial charge in [-0.3, -0.25) is 10.3 Å². The standard InChI is InChI=1S/C17H17ClN2O2/c18-15-5-1-4-13-9-14(22-17(13)15)11-20-16(21)7-6-12-3-2-8-19-10-12/h1-8,10,14,16,20-21H,9,11H2. The number of halogens is 1. The van der Waals surface area contributed by atoms with Gasteiger partial charge in [-0.25, -0.2) is 0 Å². The van der Waals surface area contributed by atoms with Gasteiger partial charge in [0.25, 0.3) is 0 Å². The number of hydrogen-bond acceptors (Lipinski definition) is 4. The van der Waals surface area contributed by atoms with E-state index < -0.39 is 6.23 Å². The largest absolute Gasteiger partial charge is 0.487 e. The van der Waals surface area contributed by atoms with Crippen molar-refractivity contribution >= 4 is 17.7 Å². The lowest BCUT2D eigenvalue weighted by atomic mass is 10.1. The average molecular weight is 317 g/mol. The number of benzene rings is 1. The van der Waals surface area contributed by atoms with Crippen LogP contribution in [-0.4, -0.2) is 29.0 Å². The number of nitrogens with one attached hydrogen (secondary N) is 1. The molecular weight excluding hydrogens is 300 g/mol. The second-order valence-corrected chi connectivity index (χ2v) is 5.58. The van der Waals surface area contributed by atoms with Crippen molar-refractivity contribution in [3.8, 4) is 5.75 Å². The number of hydrogen-bond donors (Lipinski definition) is 2. The first kappa shape index (κ1) is 15.0. The van der Waals surface area contributed by atoms with Gasteiger partial charge in [-0.2, -0.15) is 0 Å². The van der Waals surface area contributed by atoms with Crippen LogP contribution in [-0.2, 0) is 6.42 Å². The maximum atomic E-state index is 9.94. The molecule has 2 unspecified atom stereocenters. The number of fused-ring (bicyclic) bond motifs is 1. The molecule has 5 heteroatoms. The minimum absolute atomic E-state index is 0.0173. The highest BCUT2D eigenvalue weighted by molar-refractivity contribution is 6.32. The minimum atomic E-state index is -0.733. The lowest BCUT2D eigenvalue weighted by Crippen LogP contribution is -2.36. The summed E-state index contributed by atoms with van der Waals surface area (Å²) in [6, 6.07) is 9.54. The zero-order chi connectivity index (χ0) is 15.4. The first-order valence-corrected chi connectivity index (χ1v) is 7.54. The molecule has 2 atom stereocenters. The van der Waals surface area contributed by atoms with E-state index in [0.29, 0.717) is 11.6 Å². The molecule has 2 N–H and O–H groups in total. The van der Waals surface area contributed by atoms with E-state index in [9.17, 15) is 5.11 Å². The van der Waals surface area contributed by atoms with Crippen LogP contribution in [0.1, 0.15) is 11.1 Å². The summed E-state index contributed by atoms with van der Waals surface area (Å²) in [5.41, 5.74) is 2.05. The number of nitrogens with zero attached hydrogens (tertiary/aromatic N) is 1. The van der Waals surface area contributed by atoms with E-state index in [4.69, 9.17) is 16.3 Å². The van der Waals surface area contributed by atoms with Crippen molar-refractivity contribution < 1.29 is 9.84 Å². The van der Waals surface area contributed by atoms with Gasteiger partial charge >= 0.3 is 0 Å². The van der Waals surface area contributed by atoms with Crippen LogP contribution in [0.5, 0.6) is 5.75 Å². The van der Waals surface area contributed by atoms with E-state index in [-0.39, 0.29) is 6.10 Å². The second-order valence-electron chi connectivity index (χ2n) is 5.17. The molecule has 0 saturated heterocycles. The molecule has 1 aromatic carbocycles. The summed E-state index contributed by atoms with van der Waals surface area (Å²) < 4.78 is 5.81. The van der Waals surface area contributed by atoms with Gasteiger partial charge < -0.3 is 9.84 Å². The third-order valence-corrected chi connectivity index (χ3v) is 3.79. The molecule has 0 radical (unpaired) electrons. The molecular formula is C17H17ClN2O2. The highest BCUT2D eigenvalue weighted by Gasteiger charge is 2.24. The number of rotatable bonds is 5.